The van der Waals surface area contributed by atoms with Gasteiger partial charge in [0.2, 0.25) is 10.0 Å². The second-order valence-electron chi connectivity index (χ2n) is 10.2. The van der Waals surface area contributed by atoms with E-state index in [2.05, 4.69) is 19.9 Å². The van der Waals surface area contributed by atoms with Crippen LogP contribution in [0, 0.1) is 5.41 Å². The molecule has 0 heterocycles. The van der Waals surface area contributed by atoms with Gasteiger partial charge in [-0.25, -0.2) is 13.6 Å². The average Bonchev–Trinajstić information content (AvgIpc) is 2.99. The maximum absolute atomic E-state index is 13.8. The number of allylic oxidation sites excluding steroid dienone is 4. The number of aryl methyl sites for hydroxylation is 1. The number of amidine groups is 1. The number of carbonyl (C=O) groups excluding carboxylic acids is 1. The summed E-state index contributed by atoms with van der Waals surface area (Å²) >= 11 is 0. The largest absolute Gasteiger partial charge is 0.384 e. The highest BCUT2D eigenvalue weighted by Crippen LogP contribution is 2.27. The first-order chi connectivity index (χ1) is 20.0. The fourth-order valence-corrected chi connectivity index (χ4v) is 5.22. The van der Waals surface area contributed by atoms with Gasteiger partial charge in [0.15, 0.2) is 0 Å². The summed E-state index contributed by atoms with van der Waals surface area (Å²) in [6, 6.07) is 21.1. The SMILES string of the molecule is C\C=C(/C=C\C=C(/C)CC)CN(CCCc1cccc(C(=N)N)c1)C(=O)c1ccc(-c2ccccc2S(N)(=O)=O)cc1. The molecule has 3 aromatic carbocycles. The minimum atomic E-state index is -3.90. The van der Waals surface area contributed by atoms with Gasteiger partial charge in [-0.1, -0.05) is 85.3 Å². The Hall–Kier alpha value is -4.27. The monoisotopic (exact) mass is 584 g/mol. The van der Waals surface area contributed by atoms with E-state index in [0.717, 1.165) is 30.4 Å². The van der Waals surface area contributed by atoms with Crippen LogP contribution >= 0.6 is 0 Å². The lowest BCUT2D eigenvalue weighted by molar-refractivity contribution is 0.0769. The van der Waals surface area contributed by atoms with Gasteiger partial charge < -0.3 is 10.6 Å². The molecular formula is C34H40N4O3S. The van der Waals surface area contributed by atoms with E-state index < -0.39 is 10.0 Å². The van der Waals surface area contributed by atoms with Crippen LogP contribution in [-0.4, -0.2) is 38.2 Å². The first-order valence-corrected chi connectivity index (χ1v) is 15.5. The summed E-state index contributed by atoms with van der Waals surface area (Å²) in [6.07, 6.45) is 10.6. The number of hydrogen-bond donors (Lipinski definition) is 3. The number of carbonyl (C=O) groups is 1. The Balaban J connectivity index is 1.85. The lowest BCUT2D eigenvalue weighted by Gasteiger charge is -2.24. The standard InChI is InChI=1S/C34H40N4O3S/c1-4-25(3)11-8-12-26(5-2)24-38(22-10-14-27-13-9-15-30(23-27)33(35)36)34(39)29-20-18-28(19-21-29)31-16-6-7-17-32(31)42(37,40)41/h5-9,11-13,15-21,23H,4,10,14,22,24H2,1-3H3,(H3,35,36)(H2,37,40,41)/b12-8-,25-11+,26-5+. The van der Waals surface area contributed by atoms with Gasteiger partial charge in [-0.3, -0.25) is 10.2 Å². The molecule has 0 aliphatic heterocycles. The fourth-order valence-electron chi connectivity index (χ4n) is 4.46. The number of hydrogen-bond acceptors (Lipinski definition) is 4. The third-order valence-corrected chi connectivity index (χ3v) is 8.02. The zero-order valence-corrected chi connectivity index (χ0v) is 25.3. The van der Waals surface area contributed by atoms with Gasteiger partial charge in [-0.15, -0.1) is 0 Å². The van der Waals surface area contributed by atoms with Crippen LogP contribution in [0.5, 0.6) is 0 Å². The molecule has 0 aliphatic rings. The summed E-state index contributed by atoms with van der Waals surface area (Å²) in [4.78, 5) is 15.7. The van der Waals surface area contributed by atoms with E-state index in [1.165, 1.54) is 11.6 Å². The van der Waals surface area contributed by atoms with E-state index >= 15 is 0 Å². The lowest BCUT2D eigenvalue weighted by Crippen LogP contribution is -2.33. The molecule has 0 unspecified atom stereocenters. The fraction of sp³-hybridized carbons (Fsp3) is 0.235. The molecule has 0 radical (unpaired) electrons. The maximum atomic E-state index is 13.8. The van der Waals surface area contributed by atoms with Crippen LogP contribution in [0.2, 0.25) is 0 Å². The summed E-state index contributed by atoms with van der Waals surface area (Å²) in [5.41, 5.74) is 11.3. The molecule has 0 fully saturated rings. The molecule has 3 aromatic rings. The third-order valence-electron chi connectivity index (χ3n) is 7.05. The van der Waals surface area contributed by atoms with Gasteiger partial charge in [0.05, 0.1) is 4.90 Å². The zero-order valence-electron chi connectivity index (χ0n) is 24.5. The van der Waals surface area contributed by atoms with Crippen molar-refractivity contribution >= 4 is 21.8 Å². The Morgan fingerprint density at radius 3 is 2.36 bits per heavy atom. The molecule has 0 aliphatic carbocycles. The summed E-state index contributed by atoms with van der Waals surface area (Å²) in [5, 5.41) is 13.1. The number of primary sulfonamides is 1. The molecule has 3 rings (SSSR count). The van der Waals surface area contributed by atoms with Crippen molar-refractivity contribution in [2.75, 3.05) is 13.1 Å². The quantitative estimate of drug-likeness (QED) is 0.125. The van der Waals surface area contributed by atoms with Crippen LogP contribution in [-0.2, 0) is 16.4 Å². The zero-order chi connectivity index (χ0) is 30.7. The van der Waals surface area contributed by atoms with Crippen LogP contribution in [0.25, 0.3) is 11.1 Å². The van der Waals surface area contributed by atoms with Crippen LogP contribution in [0.15, 0.2) is 113 Å². The topological polar surface area (TPSA) is 130 Å². The van der Waals surface area contributed by atoms with Crippen molar-refractivity contribution in [3.8, 4) is 11.1 Å². The Morgan fingerprint density at radius 2 is 1.71 bits per heavy atom. The molecule has 42 heavy (non-hydrogen) atoms. The number of rotatable bonds is 13. The number of benzene rings is 3. The lowest BCUT2D eigenvalue weighted by atomic mass is 10.0. The smallest absolute Gasteiger partial charge is 0.254 e. The van der Waals surface area contributed by atoms with Gasteiger partial charge in [0.25, 0.3) is 5.91 Å². The Morgan fingerprint density at radius 1 is 1.00 bits per heavy atom. The maximum Gasteiger partial charge on any atom is 0.254 e. The Kier molecular flexibility index (Phi) is 11.6. The van der Waals surface area contributed by atoms with Gasteiger partial charge in [-0.2, -0.15) is 0 Å². The molecule has 0 bridgehead atoms. The second kappa shape index (κ2) is 15.1. The number of amides is 1. The van der Waals surface area contributed by atoms with Crippen molar-refractivity contribution in [2.45, 2.75) is 44.9 Å². The van der Waals surface area contributed by atoms with Crippen molar-refractivity contribution in [2.24, 2.45) is 10.9 Å². The van der Waals surface area contributed by atoms with E-state index in [9.17, 15) is 13.2 Å². The van der Waals surface area contributed by atoms with Gasteiger partial charge >= 0.3 is 0 Å². The molecule has 7 nitrogen and oxygen atoms in total. The molecule has 0 spiro atoms. The van der Waals surface area contributed by atoms with Crippen molar-refractivity contribution < 1.29 is 13.2 Å². The number of nitrogens with zero attached hydrogens (tertiary/aromatic N) is 1. The van der Waals surface area contributed by atoms with Gasteiger partial charge in [0.1, 0.15) is 5.84 Å². The molecule has 1 amide bonds. The molecule has 220 valence electrons. The minimum Gasteiger partial charge on any atom is -0.384 e. The predicted octanol–water partition coefficient (Wildman–Crippen LogP) is 6.22. The molecule has 0 atom stereocenters. The van der Waals surface area contributed by atoms with Crippen molar-refractivity contribution in [3.63, 3.8) is 0 Å². The van der Waals surface area contributed by atoms with E-state index in [0.29, 0.717) is 35.3 Å². The Bertz CT molecular complexity index is 1600. The number of nitrogens with one attached hydrogen (secondary N) is 1. The number of nitrogen functional groups attached to an aromatic ring is 1. The van der Waals surface area contributed by atoms with Crippen LogP contribution in [0.4, 0.5) is 0 Å². The van der Waals surface area contributed by atoms with E-state index in [4.69, 9.17) is 16.3 Å². The molecule has 0 saturated heterocycles. The van der Waals surface area contributed by atoms with Crippen molar-refractivity contribution in [1.29, 1.82) is 5.41 Å². The van der Waals surface area contributed by atoms with Gasteiger partial charge in [0, 0.05) is 29.8 Å². The highest BCUT2D eigenvalue weighted by Gasteiger charge is 2.18. The van der Waals surface area contributed by atoms with Gasteiger partial charge in [-0.05, 0) is 74.1 Å². The molecule has 0 saturated carbocycles. The summed E-state index contributed by atoms with van der Waals surface area (Å²) in [6.45, 7) is 7.12. The number of sulfonamides is 1. The normalized spacial score (nSPS) is 12.5. The highest BCUT2D eigenvalue weighted by atomic mass is 32.2. The third kappa shape index (κ3) is 9.12. The first-order valence-electron chi connectivity index (χ1n) is 14.0. The molecular weight excluding hydrogens is 544 g/mol. The van der Waals surface area contributed by atoms with E-state index in [1.54, 1.807) is 42.5 Å². The van der Waals surface area contributed by atoms with Crippen molar-refractivity contribution in [1.82, 2.24) is 4.90 Å². The Labute approximate surface area is 249 Å². The van der Waals surface area contributed by atoms with Crippen molar-refractivity contribution in [3.05, 3.63) is 125 Å². The van der Waals surface area contributed by atoms with Crippen LogP contribution in [0.1, 0.15) is 55.1 Å². The van der Waals surface area contributed by atoms with E-state index in [-0.39, 0.29) is 16.6 Å². The predicted molar refractivity (Wildman–Crippen MR) is 172 cm³/mol. The molecule has 0 aromatic heterocycles. The minimum absolute atomic E-state index is 0.0284. The first kappa shape index (κ1) is 32.2. The number of nitrogens with two attached hydrogens (primary N) is 2. The summed E-state index contributed by atoms with van der Waals surface area (Å²) in [7, 11) is -3.90. The summed E-state index contributed by atoms with van der Waals surface area (Å²) in [5.74, 6) is -0.0903. The molecule has 8 heteroatoms. The van der Waals surface area contributed by atoms with E-state index in [1.807, 2.05) is 54.3 Å². The molecule has 5 N–H and O–H groups in total. The van der Waals surface area contributed by atoms with Crippen LogP contribution < -0.4 is 10.9 Å². The second-order valence-corrected chi connectivity index (χ2v) is 11.7. The highest BCUT2D eigenvalue weighted by molar-refractivity contribution is 7.89. The van der Waals surface area contributed by atoms with Crippen LogP contribution in [0.3, 0.4) is 0 Å². The summed E-state index contributed by atoms with van der Waals surface area (Å²) < 4.78 is 24.2. The average molecular weight is 585 g/mol.